The van der Waals surface area contributed by atoms with E-state index >= 15 is 0 Å². The molecule has 2 amide bonds. The first-order valence-corrected chi connectivity index (χ1v) is 12.9. The van der Waals surface area contributed by atoms with Crippen molar-refractivity contribution in [3.63, 3.8) is 0 Å². The van der Waals surface area contributed by atoms with E-state index in [1.807, 2.05) is 0 Å². The molecular weight excluding hydrogens is 509 g/mol. The Kier molecular flexibility index (Phi) is 7.88. The van der Waals surface area contributed by atoms with Crippen LogP contribution in [0.5, 0.6) is 0 Å². The summed E-state index contributed by atoms with van der Waals surface area (Å²) in [6.07, 6.45) is 0. The van der Waals surface area contributed by atoms with Gasteiger partial charge in [0.1, 0.15) is 12.4 Å². The number of morpholine rings is 1. The number of anilines is 2. The second-order valence-corrected chi connectivity index (χ2v) is 10.2. The Labute approximate surface area is 213 Å². The van der Waals surface area contributed by atoms with Gasteiger partial charge in [-0.05, 0) is 42.5 Å². The predicted octanol–water partition coefficient (Wildman–Crippen LogP) is 3.79. The summed E-state index contributed by atoms with van der Waals surface area (Å²) >= 11 is 5.90. The third kappa shape index (κ3) is 5.67. The molecule has 0 aromatic heterocycles. The van der Waals surface area contributed by atoms with Crippen LogP contribution in [-0.2, 0) is 19.6 Å². The number of hydrogen-bond acceptors (Lipinski definition) is 5. The highest BCUT2D eigenvalue weighted by Crippen LogP contribution is 2.28. The molecule has 11 heteroatoms. The summed E-state index contributed by atoms with van der Waals surface area (Å²) < 4.78 is 46.8. The molecule has 1 saturated heterocycles. The van der Waals surface area contributed by atoms with Crippen molar-refractivity contribution < 1.29 is 27.1 Å². The zero-order chi connectivity index (χ0) is 25.7. The number of para-hydroxylation sites is 1. The third-order valence-electron chi connectivity index (χ3n) is 5.54. The lowest BCUT2D eigenvalue weighted by Gasteiger charge is -2.28. The summed E-state index contributed by atoms with van der Waals surface area (Å²) in [4.78, 5) is 27.7. The lowest BCUT2D eigenvalue weighted by atomic mass is 10.1. The van der Waals surface area contributed by atoms with Gasteiger partial charge in [0.15, 0.2) is 0 Å². The van der Waals surface area contributed by atoms with Gasteiger partial charge in [0.2, 0.25) is 5.91 Å². The smallest absolute Gasteiger partial charge is 0.264 e. The first-order valence-electron chi connectivity index (χ1n) is 11.1. The molecule has 0 bridgehead atoms. The van der Waals surface area contributed by atoms with Crippen LogP contribution in [-0.4, -0.2) is 58.0 Å². The number of carbonyl (C=O) groups is 2. The van der Waals surface area contributed by atoms with Crippen LogP contribution in [0.3, 0.4) is 0 Å². The van der Waals surface area contributed by atoms with Crippen LogP contribution < -0.4 is 9.62 Å². The molecule has 1 N–H and O–H groups in total. The number of rotatable bonds is 7. The number of benzene rings is 3. The van der Waals surface area contributed by atoms with Crippen LogP contribution in [0.4, 0.5) is 15.8 Å². The maximum Gasteiger partial charge on any atom is 0.264 e. The molecular formula is C25H23ClFN3O5S. The molecule has 0 saturated carbocycles. The van der Waals surface area contributed by atoms with Crippen molar-refractivity contribution in [2.45, 2.75) is 4.90 Å². The largest absolute Gasteiger partial charge is 0.378 e. The predicted molar refractivity (Wildman–Crippen MR) is 134 cm³/mol. The number of sulfonamides is 1. The van der Waals surface area contributed by atoms with Gasteiger partial charge in [-0.2, -0.15) is 0 Å². The normalized spacial score (nSPS) is 13.8. The van der Waals surface area contributed by atoms with Crippen LogP contribution >= 0.6 is 11.6 Å². The lowest BCUT2D eigenvalue weighted by molar-refractivity contribution is -0.114. The fraction of sp³-hybridized carbons (Fsp3) is 0.200. The van der Waals surface area contributed by atoms with Crippen molar-refractivity contribution in [3.8, 4) is 0 Å². The van der Waals surface area contributed by atoms with E-state index in [1.54, 1.807) is 47.4 Å². The van der Waals surface area contributed by atoms with E-state index in [1.165, 1.54) is 18.2 Å². The molecule has 0 spiro atoms. The first-order chi connectivity index (χ1) is 17.3. The van der Waals surface area contributed by atoms with E-state index < -0.39 is 28.3 Å². The van der Waals surface area contributed by atoms with Crippen molar-refractivity contribution in [3.05, 3.63) is 89.2 Å². The molecule has 3 aromatic rings. The molecule has 1 heterocycles. The number of nitrogens with zero attached hydrogens (tertiary/aromatic N) is 2. The van der Waals surface area contributed by atoms with E-state index in [9.17, 15) is 22.4 Å². The topological polar surface area (TPSA) is 96.0 Å². The quantitative estimate of drug-likeness (QED) is 0.500. The molecule has 0 aliphatic carbocycles. The SMILES string of the molecule is O=C(CN(c1ccc(F)c(Cl)c1)S(=O)(=O)c1ccccc1)Nc1ccccc1C(=O)N1CCOCC1. The zero-order valence-corrected chi connectivity index (χ0v) is 20.6. The number of amides is 2. The Balaban J connectivity index is 1.62. The van der Waals surface area contributed by atoms with Crippen LogP contribution in [0.2, 0.25) is 5.02 Å². The Bertz CT molecular complexity index is 1370. The van der Waals surface area contributed by atoms with Crippen molar-refractivity contribution >= 4 is 44.8 Å². The maximum absolute atomic E-state index is 13.8. The van der Waals surface area contributed by atoms with Crippen LogP contribution in [0.15, 0.2) is 77.7 Å². The van der Waals surface area contributed by atoms with Gasteiger partial charge < -0.3 is 15.0 Å². The van der Waals surface area contributed by atoms with Crippen molar-refractivity contribution in [2.75, 3.05) is 42.5 Å². The summed E-state index contributed by atoms with van der Waals surface area (Å²) in [6, 6.07) is 17.4. The Morgan fingerprint density at radius 1 is 1.00 bits per heavy atom. The van der Waals surface area contributed by atoms with Gasteiger partial charge in [-0.1, -0.05) is 41.9 Å². The van der Waals surface area contributed by atoms with E-state index in [0.717, 1.165) is 16.4 Å². The van der Waals surface area contributed by atoms with Crippen LogP contribution in [0, 0.1) is 5.82 Å². The molecule has 0 atom stereocenters. The molecule has 1 fully saturated rings. The van der Waals surface area contributed by atoms with Crippen molar-refractivity contribution in [1.82, 2.24) is 4.90 Å². The van der Waals surface area contributed by atoms with Crippen LogP contribution in [0.25, 0.3) is 0 Å². The summed E-state index contributed by atoms with van der Waals surface area (Å²) in [7, 11) is -4.21. The molecule has 36 heavy (non-hydrogen) atoms. The average molecular weight is 532 g/mol. The Morgan fingerprint density at radius 3 is 2.36 bits per heavy atom. The first kappa shape index (κ1) is 25.6. The van der Waals surface area contributed by atoms with E-state index in [-0.39, 0.29) is 32.8 Å². The number of hydrogen-bond donors (Lipinski definition) is 1. The fourth-order valence-electron chi connectivity index (χ4n) is 3.71. The Morgan fingerprint density at radius 2 is 1.67 bits per heavy atom. The summed E-state index contributed by atoms with van der Waals surface area (Å²) in [5.74, 6) is -1.69. The summed E-state index contributed by atoms with van der Waals surface area (Å²) in [5, 5.41) is 2.36. The molecule has 1 aliphatic heterocycles. The number of halogens is 2. The minimum absolute atomic E-state index is 0.0121. The van der Waals surface area contributed by atoms with Gasteiger partial charge in [-0.25, -0.2) is 12.8 Å². The van der Waals surface area contributed by atoms with Gasteiger partial charge >= 0.3 is 0 Å². The van der Waals surface area contributed by atoms with Gasteiger partial charge in [0, 0.05) is 13.1 Å². The minimum atomic E-state index is -4.21. The number of carbonyl (C=O) groups excluding carboxylic acids is 2. The maximum atomic E-state index is 13.8. The van der Waals surface area contributed by atoms with Crippen molar-refractivity contribution in [2.24, 2.45) is 0 Å². The molecule has 8 nitrogen and oxygen atoms in total. The molecule has 1 aliphatic rings. The van der Waals surface area contributed by atoms with Crippen LogP contribution in [0.1, 0.15) is 10.4 Å². The highest BCUT2D eigenvalue weighted by Gasteiger charge is 2.28. The summed E-state index contributed by atoms with van der Waals surface area (Å²) in [5.41, 5.74) is 0.529. The number of ether oxygens (including phenoxy) is 1. The highest BCUT2D eigenvalue weighted by atomic mass is 35.5. The second kappa shape index (κ2) is 11.1. The van der Waals surface area contributed by atoms with Gasteiger partial charge in [-0.15, -0.1) is 0 Å². The monoisotopic (exact) mass is 531 g/mol. The number of nitrogens with one attached hydrogen (secondary N) is 1. The summed E-state index contributed by atoms with van der Waals surface area (Å²) in [6.45, 7) is 1.06. The highest BCUT2D eigenvalue weighted by molar-refractivity contribution is 7.92. The van der Waals surface area contributed by atoms with Gasteiger partial charge in [0.25, 0.3) is 15.9 Å². The third-order valence-corrected chi connectivity index (χ3v) is 7.62. The van der Waals surface area contributed by atoms with E-state index in [2.05, 4.69) is 5.32 Å². The lowest BCUT2D eigenvalue weighted by Crippen LogP contribution is -2.41. The second-order valence-electron chi connectivity index (χ2n) is 7.92. The van der Waals surface area contributed by atoms with E-state index in [4.69, 9.17) is 16.3 Å². The van der Waals surface area contributed by atoms with Crippen molar-refractivity contribution in [1.29, 1.82) is 0 Å². The molecule has 4 rings (SSSR count). The standard InChI is InChI=1S/C25H23ClFN3O5S/c26-21-16-18(10-11-22(21)27)30(36(33,34)19-6-2-1-3-7-19)17-24(31)28-23-9-5-4-8-20(23)25(32)29-12-14-35-15-13-29/h1-11,16H,12-15,17H2,(H,28,31). The molecule has 3 aromatic carbocycles. The van der Waals surface area contributed by atoms with E-state index in [0.29, 0.717) is 26.3 Å². The van der Waals surface area contributed by atoms with Gasteiger partial charge in [0.05, 0.1) is 40.1 Å². The van der Waals surface area contributed by atoms with Gasteiger partial charge in [-0.3, -0.25) is 13.9 Å². The zero-order valence-electron chi connectivity index (χ0n) is 19.1. The molecule has 188 valence electrons. The average Bonchev–Trinajstić information content (AvgIpc) is 2.90. The fourth-order valence-corrected chi connectivity index (χ4v) is 5.32. The molecule has 0 unspecified atom stereocenters. The Hall–Kier alpha value is -3.47. The minimum Gasteiger partial charge on any atom is -0.378 e. The molecule has 0 radical (unpaired) electrons.